The van der Waals surface area contributed by atoms with Gasteiger partial charge in [-0.05, 0) is 49.1 Å². The molecule has 4 nitrogen and oxygen atoms in total. The van der Waals surface area contributed by atoms with Gasteiger partial charge in [-0.3, -0.25) is 4.90 Å². The predicted molar refractivity (Wildman–Crippen MR) is 104 cm³/mol. The molecule has 1 aliphatic carbocycles. The van der Waals surface area contributed by atoms with Crippen LogP contribution in [0.3, 0.4) is 0 Å². The Morgan fingerprint density at radius 1 is 1.00 bits per heavy atom. The van der Waals surface area contributed by atoms with Gasteiger partial charge in [-0.2, -0.15) is 13.2 Å². The minimum Gasteiger partial charge on any atom is -0.294 e. The number of alkyl halides is 3. The van der Waals surface area contributed by atoms with E-state index in [0.29, 0.717) is 19.4 Å². The molecule has 2 aromatic carbocycles. The number of rotatable bonds is 4. The van der Waals surface area contributed by atoms with Crippen molar-refractivity contribution in [3.8, 4) is 0 Å². The summed E-state index contributed by atoms with van der Waals surface area (Å²) in [5.74, 6) is -1.38. The van der Waals surface area contributed by atoms with E-state index in [1.54, 1.807) is 18.2 Å². The molecule has 1 aliphatic heterocycles. The highest BCUT2D eigenvalue weighted by Crippen LogP contribution is 2.41. The molecule has 1 fully saturated rings. The third-order valence-electron chi connectivity index (χ3n) is 5.86. The maximum absolute atomic E-state index is 13.3. The molecular formula is C21H23F3N2O2S. The Morgan fingerprint density at radius 2 is 1.69 bits per heavy atom. The molecular weight excluding hydrogens is 401 g/mol. The second-order valence-corrected chi connectivity index (χ2v) is 9.48. The lowest BCUT2D eigenvalue weighted by Crippen LogP contribution is -2.49. The lowest BCUT2D eigenvalue weighted by atomic mass is 9.94. The molecule has 1 heterocycles. The molecule has 4 rings (SSSR count). The quantitative estimate of drug-likeness (QED) is 0.810. The Kier molecular flexibility index (Phi) is 5.44. The van der Waals surface area contributed by atoms with E-state index in [0.717, 1.165) is 11.1 Å². The molecule has 8 heteroatoms. The van der Waals surface area contributed by atoms with Crippen molar-refractivity contribution in [2.24, 2.45) is 5.92 Å². The highest BCUT2D eigenvalue weighted by molar-refractivity contribution is 7.89. The van der Waals surface area contributed by atoms with Crippen LogP contribution < -0.4 is 4.72 Å². The van der Waals surface area contributed by atoms with Crippen LogP contribution in [0.2, 0.25) is 0 Å². The first-order valence-electron chi connectivity index (χ1n) is 9.71. The molecule has 29 heavy (non-hydrogen) atoms. The zero-order valence-corrected chi connectivity index (χ0v) is 16.6. The van der Waals surface area contributed by atoms with Crippen molar-refractivity contribution < 1.29 is 21.6 Å². The van der Waals surface area contributed by atoms with Crippen molar-refractivity contribution in [1.29, 1.82) is 0 Å². The van der Waals surface area contributed by atoms with Gasteiger partial charge in [0.25, 0.3) is 0 Å². The van der Waals surface area contributed by atoms with Gasteiger partial charge in [-0.15, -0.1) is 0 Å². The molecule has 1 saturated heterocycles. The maximum Gasteiger partial charge on any atom is 0.393 e. The van der Waals surface area contributed by atoms with Crippen LogP contribution in [-0.2, 0) is 16.4 Å². The van der Waals surface area contributed by atoms with E-state index in [1.165, 1.54) is 12.1 Å². The van der Waals surface area contributed by atoms with Crippen LogP contribution in [0, 0.1) is 5.92 Å². The van der Waals surface area contributed by atoms with E-state index in [1.807, 2.05) is 29.2 Å². The van der Waals surface area contributed by atoms with Crippen molar-refractivity contribution >= 4 is 10.0 Å². The number of likely N-dealkylation sites (tertiary alicyclic amines) is 1. The van der Waals surface area contributed by atoms with E-state index in [4.69, 9.17) is 0 Å². The fraction of sp³-hybridized carbons (Fsp3) is 0.429. The standard InChI is InChI=1S/C21H23F3N2O2S/c22-21(23,24)16-8-6-12-26(14-16)20-18-11-5-4-7-15(18)13-19(20)25-29(27,28)17-9-2-1-3-10-17/h1-5,7,9-11,16,19-20,25H,6,8,12-14H2/t16-,19-,20+/m1/s1. The molecule has 0 unspecified atom stereocenters. The van der Waals surface area contributed by atoms with E-state index in [2.05, 4.69) is 4.72 Å². The summed E-state index contributed by atoms with van der Waals surface area (Å²) in [5, 5.41) is 0. The summed E-state index contributed by atoms with van der Waals surface area (Å²) in [6.45, 7) is 0.418. The SMILES string of the molecule is O=S(=O)(N[C@@H]1Cc2ccccc2[C@@H]1N1CCC[C@@H](C(F)(F)F)C1)c1ccccc1. The summed E-state index contributed by atoms with van der Waals surface area (Å²) >= 11 is 0. The molecule has 3 atom stereocenters. The second-order valence-electron chi connectivity index (χ2n) is 7.76. The third kappa shape index (κ3) is 4.20. The Labute approximate surface area is 168 Å². The Hall–Kier alpha value is -1.90. The van der Waals surface area contributed by atoms with E-state index < -0.39 is 34.2 Å². The largest absolute Gasteiger partial charge is 0.393 e. The second kappa shape index (κ2) is 7.74. The van der Waals surface area contributed by atoms with Gasteiger partial charge in [0.2, 0.25) is 10.0 Å². The van der Waals surface area contributed by atoms with Crippen LogP contribution in [0.4, 0.5) is 13.2 Å². The van der Waals surface area contributed by atoms with E-state index in [9.17, 15) is 21.6 Å². The minimum absolute atomic E-state index is 0.105. The number of benzene rings is 2. The van der Waals surface area contributed by atoms with Crippen molar-refractivity contribution in [2.75, 3.05) is 13.1 Å². The number of sulfonamides is 1. The molecule has 0 saturated carbocycles. The molecule has 0 radical (unpaired) electrons. The monoisotopic (exact) mass is 424 g/mol. The number of hydrogen-bond donors (Lipinski definition) is 1. The van der Waals surface area contributed by atoms with Gasteiger partial charge in [-0.1, -0.05) is 42.5 Å². The number of fused-ring (bicyclic) bond motifs is 1. The fourth-order valence-corrected chi connectivity index (χ4v) is 5.79. The van der Waals surface area contributed by atoms with Gasteiger partial charge < -0.3 is 0 Å². The average molecular weight is 424 g/mol. The van der Waals surface area contributed by atoms with Gasteiger partial charge in [0.1, 0.15) is 0 Å². The summed E-state index contributed by atoms with van der Waals surface area (Å²) in [5.41, 5.74) is 1.89. The van der Waals surface area contributed by atoms with Crippen LogP contribution >= 0.6 is 0 Å². The molecule has 0 spiro atoms. The average Bonchev–Trinajstić information content (AvgIpc) is 3.05. The number of hydrogen-bond acceptors (Lipinski definition) is 3. The topological polar surface area (TPSA) is 49.4 Å². The first-order chi connectivity index (χ1) is 13.8. The summed E-state index contributed by atoms with van der Waals surface area (Å²) in [4.78, 5) is 1.97. The zero-order valence-electron chi connectivity index (χ0n) is 15.8. The Morgan fingerprint density at radius 3 is 2.41 bits per heavy atom. The lowest BCUT2D eigenvalue weighted by molar-refractivity contribution is -0.189. The van der Waals surface area contributed by atoms with Crippen LogP contribution in [0.15, 0.2) is 59.5 Å². The van der Waals surface area contributed by atoms with Crippen molar-refractivity contribution in [1.82, 2.24) is 9.62 Å². The summed E-state index contributed by atoms with van der Waals surface area (Å²) in [6, 6.07) is 14.7. The summed E-state index contributed by atoms with van der Waals surface area (Å²) in [7, 11) is -3.77. The highest BCUT2D eigenvalue weighted by atomic mass is 32.2. The Balaban J connectivity index is 1.64. The van der Waals surface area contributed by atoms with Gasteiger partial charge in [-0.25, -0.2) is 13.1 Å². The normalized spacial score (nSPS) is 25.7. The van der Waals surface area contributed by atoms with Crippen LogP contribution in [-0.4, -0.2) is 38.6 Å². The first-order valence-corrected chi connectivity index (χ1v) is 11.2. The van der Waals surface area contributed by atoms with Crippen molar-refractivity contribution in [3.05, 3.63) is 65.7 Å². The molecule has 0 amide bonds. The lowest BCUT2D eigenvalue weighted by Gasteiger charge is -2.40. The number of halogens is 3. The Bertz CT molecular complexity index is 963. The summed E-state index contributed by atoms with van der Waals surface area (Å²) in [6.07, 6.45) is -3.22. The van der Waals surface area contributed by atoms with Crippen LogP contribution in [0.5, 0.6) is 0 Å². The van der Waals surface area contributed by atoms with Gasteiger partial charge >= 0.3 is 6.18 Å². The molecule has 0 aromatic heterocycles. The van der Waals surface area contributed by atoms with E-state index >= 15 is 0 Å². The van der Waals surface area contributed by atoms with Crippen LogP contribution in [0.1, 0.15) is 30.0 Å². The first kappa shape index (κ1) is 20.4. The van der Waals surface area contributed by atoms with Gasteiger partial charge in [0, 0.05) is 12.6 Å². The van der Waals surface area contributed by atoms with Gasteiger partial charge in [0.05, 0.1) is 16.9 Å². The molecule has 156 valence electrons. The number of nitrogens with zero attached hydrogens (tertiary/aromatic N) is 1. The predicted octanol–water partition coefficient (Wildman–Crippen LogP) is 3.91. The maximum atomic E-state index is 13.3. The van der Waals surface area contributed by atoms with Gasteiger partial charge in [0.15, 0.2) is 0 Å². The van der Waals surface area contributed by atoms with Crippen molar-refractivity contribution in [3.63, 3.8) is 0 Å². The molecule has 2 aromatic rings. The molecule has 0 bridgehead atoms. The fourth-order valence-electron chi connectivity index (χ4n) is 4.52. The smallest absolute Gasteiger partial charge is 0.294 e. The molecule has 1 N–H and O–H groups in total. The highest BCUT2D eigenvalue weighted by Gasteiger charge is 2.46. The van der Waals surface area contributed by atoms with Crippen LogP contribution in [0.25, 0.3) is 0 Å². The minimum atomic E-state index is -4.24. The zero-order chi connectivity index (χ0) is 20.6. The van der Waals surface area contributed by atoms with Crippen molar-refractivity contribution in [2.45, 2.75) is 42.4 Å². The third-order valence-corrected chi connectivity index (χ3v) is 7.37. The number of piperidine rings is 1. The summed E-state index contributed by atoms with van der Waals surface area (Å²) < 4.78 is 68.6. The number of nitrogens with one attached hydrogen (secondary N) is 1. The van der Waals surface area contributed by atoms with E-state index in [-0.39, 0.29) is 17.9 Å². The molecule has 2 aliphatic rings.